The van der Waals surface area contributed by atoms with Crippen LogP contribution in [0.1, 0.15) is 46.5 Å². The van der Waals surface area contributed by atoms with Crippen LogP contribution in [-0.4, -0.2) is 36.6 Å². The molecule has 96 valence electrons. The first-order valence-electron chi connectivity index (χ1n) is 6.21. The third-order valence-electron chi connectivity index (χ3n) is 3.62. The van der Waals surface area contributed by atoms with Crippen LogP contribution in [-0.2, 0) is 10.0 Å². The van der Waals surface area contributed by atoms with E-state index in [1.807, 2.05) is 13.8 Å². The van der Waals surface area contributed by atoms with Crippen LogP contribution in [0.4, 0.5) is 0 Å². The van der Waals surface area contributed by atoms with Crippen molar-refractivity contribution in [3.63, 3.8) is 0 Å². The van der Waals surface area contributed by atoms with Crippen molar-refractivity contribution in [2.45, 2.75) is 63.8 Å². The van der Waals surface area contributed by atoms with Gasteiger partial charge in [0.1, 0.15) is 0 Å². The van der Waals surface area contributed by atoms with E-state index in [-0.39, 0.29) is 18.6 Å². The first kappa shape index (κ1) is 13.9. The number of nitrogens with zero attached hydrogens (tertiary/aromatic N) is 1. The van der Waals surface area contributed by atoms with Gasteiger partial charge in [-0.05, 0) is 32.6 Å². The molecule has 16 heavy (non-hydrogen) atoms. The first-order valence-corrected chi connectivity index (χ1v) is 7.71. The lowest BCUT2D eigenvalue weighted by atomic mass is 10.2. The van der Waals surface area contributed by atoms with Crippen LogP contribution in [0.15, 0.2) is 0 Å². The molecule has 0 aliphatic carbocycles. The van der Waals surface area contributed by atoms with Gasteiger partial charge in [-0.15, -0.1) is 0 Å². The van der Waals surface area contributed by atoms with Crippen molar-refractivity contribution >= 4 is 10.0 Å². The van der Waals surface area contributed by atoms with Gasteiger partial charge in [0, 0.05) is 18.6 Å². The summed E-state index contributed by atoms with van der Waals surface area (Å²) >= 11 is 0. The summed E-state index contributed by atoms with van der Waals surface area (Å²) < 4.78 is 26.6. The summed E-state index contributed by atoms with van der Waals surface area (Å²) in [6.45, 7) is 6.15. The van der Waals surface area contributed by atoms with Gasteiger partial charge in [0.2, 0.25) is 10.0 Å². The van der Waals surface area contributed by atoms with Crippen molar-refractivity contribution in [2.75, 3.05) is 6.54 Å². The quantitative estimate of drug-likeness (QED) is 0.798. The van der Waals surface area contributed by atoms with Gasteiger partial charge in [-0.2, -0.15) is 4.31 Å². The average molecular weight is 248 g/mol. The van der Waals surface area contributed by atoms with Gasteiger partial charge in [0.15, 0.2) is 0 Å². The molecule has 0 aromatic rings. The number of hydrogen-bond donors (Lipinski definition) is 1. The molecule has 5 heteroatoms. The van der Waals surface area contributed by atoms with Gasteiger partial charge >= 0.3 is 0 Å². The zero-order valence-electron chi connectivity index (χ0n) is 10.5. The zero-order chi connectivity index (χ0) is 12.3. The predicted octanol–water partition coefficient (Wildman–Crippen LogP) is 1.32. The van der Waals surface area contributed by atoms with Gasteiger partial charge in [0.05, 0.1) is 5.25 Å². The van der Waals surface area contributed by atoms with E-state index in [1.165, 1.54) is 0 Å². The minimum absolute atomic E-state index is 0.135. The van der Waals surface area contributed by atoms with Crippen LogP contribution < -0.4 is 5.73 Å². The normalized spacial score (nSPS) is 29.5. The maximum atomic E-state index is 12.4. The molecule has 1 fully saturated rings. The first-order chi connectivity index (χ1) is 7.48. The summed E-state index contributed by atoms with van der Waals surface area (Å²) in [6.07, 6.45) is 3.44. The molecule has 0 radical (unpaired) electrons. The summed E-state index contributed by atoms with van der Waals surface area (Å²) in [6, 6.07) is 0.316. The average Bonchev–Trinajstić information content (AvgIpc) is 2.61. The van der Waals surface area contributed by atoms with Crippen LogP contribution in [0.25, 0.3) is 0 Å². The lowest BCUT2D eigenvalue weighted by molar-refractivity contribution is 0.323. The Morgan fingerprint density at radius 1 is 1.38 bits per heavy atom. The molecule has 1 saturated heterocycles. The van der Waals surface area contributed by atoms with Crippen LogP contribution >= 0.6 is 0 Å². The van der Waals surface area contributed by atoms with Crippen LogP contribution in [0.5, 0.6) is 0 Å². The SMILES string of the molecule is CCC1CCC(C)N1S(=O)(=O)C(CC)CN. The molecular weight excluding hydrogens is 224 g/mol. The number of nitrogens with two attached hydrogens (primary N) is 1. The summed E-state index contributed by atoms with van der Waals surface area (Å²) in [4.78, 5) is 0. The van der Waals surface area contributed by atoms with E-state index >= 15 is 0 Å². The summed E-state index contributed by atoms with van der Waals surface area (Å²) in [7, 11) is -3.20. The Hall–Kier alpha value is -0.130. The molecule has 0 saturated carbocycles. The lowest BCUT2D eigenvalue weighted by Gasteiger charge is -2.30. The molecule has 1 heterocycles. The Labute approximate surface area is 99.2 Å². The molecule has 3 unspecified atom stereocenters. The highest BCUT2D eigenvalue weighted by Crippen LogP contribution is 2.31. The highest BCUT2D eigenvalue weighted by Gasteiger charge is 2.41. The Bertz CT molecular complexity index is 312. The fourth-order valence-corrected chi connectivity index (χ4v) is 4.85. The maximum absolute atomic E-state index is 12.4. The lowest BCUT2D eigenvalue weighted by Crippen LogP contribution is -2.47. The maximum Gasteiger partial charge on any atom is 0.218 e. The third kappa shape index (κ3) is 2.41. The molecular formula is C11H24N2O2S. The van der Waals surface area contributed by atoms with Crippen molar-refractivity contribution < 1.29 is 8.42 Å². The van der Waals surface area contributed by atoms with E-state index in [0.717, 1.165) is 19.3 Å². The standard InChI is InChI=1S/C11H24N2O2S/c1-4-10-7-6-9(3)13(10)16(14,15)11(5-2)8-12/h9-11H,4-8,12H2,1-3H3. The molecule has 4 nitrogen and oxygen atoms in total. The largest absolute Gasteiger partial charge is 0.329 e. The Morgan fingerprint density at radius 3 is 2.44 bits per heavy atom. The highest BCUT2D eigenvalue weighted by atomic mass is 32.2. The second-order valence-electron chi connectivity index (χ2n) is 4.63. The van der Waals surface area contributed by atoms with Crippen molar-refractivity contribution in [3.05, 3.63) is 0 Å². The number of hydrogen-bond acceptors (Lipinski definition) is 3. The fraction of sp³-hybridized carbons (Fsp3) is 1.00. The molecule has 0 spiro atoms. The molecule has 1 rings (SSSR count). The Balaban J connectivity index is 2.96. The molecule has 0 amide bonds. The smallest absolute Gasteiger partial charge is 0.218 e. The van der Waals surface area contributed by atoms with E-state index in [1.54, 1.807) is 4.31 Å². The molecule has 2 N–H and O–H groups in total. The minimum atomic E-state index is -3.20. The second-order valence-corrected chi connectivity index (χ2v) is 6.75. The topological polar surface area (TPSA) is 63.4 Å². The summed E-state index contributed by atoms with van der Waals surface area (Å²) in [5, 5.41) is -0.415. The van der Waals surface area contributed by atoms with Crippen molar-refractivity contribution in [1.82, 2.24) is 4.31 Å². The summed E-state index contributed by atoms with van der Waals surface area (Å²) in [5.41, 5.74) is 5.56. The van der Waals surface area contributed by atoms with Gasteiger partial charge in [0.25, 0.3) is 0 Å². The fourth-order valence-electron chi connectivity index (χ4n) is 2.56. The van der Waals surface area contributed by atoms with Crippen molar-refractivity contribution in [1.29, 1.82) is 0 Å². The van der Waals surface area contributed by atoms with Crippen molar-refractivity contribution in [2.24, 2.45) is 5.73 Å². The number of sulfonamides is 1. The predicted molar refractivity (Wildman–Crippen MR) is 66.7 cm³/mol. The third-order valence-corrected chi connectivity index (χ3v) is 6.23. The van der Waals surface area contributed by atoms with Gasteiger partial charge in [-0.3, -0.25) is 0 Å². The van der Waals surface area contributed by atoms with Gasteiger partial charge < -0.3 is 5.73 Å². The van der Waals surface area contributed by atoms with Crippen LogP contribution in [0.2, 0.25) is 0 Å². The highest BCUT2D eigenvalue weighted by molar-refractivity contribution is 7.89. The van der Waals surface area contributed by atoms with Gasteiger partial charge in [-0.1, -0.05) is 13.8 Å². The van der Waals surface area contributed by atoms with E-state index in [4.69, 9.17) is 5.73 Å². The van der Waals surface area contributed by atoms with Crippen molar-refractivity contribution in [3.8, 4) is 0 Å². The van der Waals surface area contributed by atoms with Gasteiger partial charge in [-0.25, -0.2) is 8.42 Å². The molecule has 1 aliphatic heterocycles. The summed E-state index contributed by atoms with van der Waals surface area (Å²) in [5.74, 6) is 0. The van der Waals surface area contributed by atoms with E-state index in [0.29, 0.717) is 6.42 Å². The molecule has 0 aromatic heterocycles. The van der Waals surface area contributed by atoms with E-state index < -0.39 is 15.3 Å². The Morgan fingerprint density at radius 2 is 2.00 bits per heavy atom. The molecule has 0 aromatic carbocycles. The monoisotopic (exact) mass is 248 g/mol. The molecule has 3 atom stereocenters. The van der Waals surface area contributed by atoms with E-state index in [2.05, 4.69) is 6.92 Å². The Kier molecular flexibility index (Phi) is 4.76. The zero-order valence-corrected chi connectivity index (χ0v) is 11.3. The number of rotatable bonds is 5. The van der Waals surface area contributed by atoms with Crippen LogP contribution in [0, 0.1) is 0 Å². The molecule has 0 bridgehead atoms. The van der Waals surface area contributed by atoms with E-state index in [9.17, 15) is 8.42 Å². The molecule has 1 aliphatic rings. The second kappa shape index (κ2) is 5.47. The van der Waals surface area contributed by atoms with Crippen LogP contribution in [0.3, 0.4) is 0 Å². The minimum Gasteiger partial charge on any atom is -0.329 e.